The van der Waals surface area contributed by atoms with E-state index in [2.05, 4.69) is 11.1 Å². The van der Waals surface area contributed by atoms with Crippen molar-refractivity contribution in [2.75, 3.05) is 5.75 Å². The minimum atomic E-state index is -1.06. The second kappa shape index (κ2) is 7.34. The Hall–Kier alpha value is -1.75. The van der Waals surface area contributed by atoms with Crippen LogP contribution < -0.4 is 5.73 Å². The quantitative estimate of drug-likeness (QED) is 0.790. The van der Waals surface area contributed by atoms with Crippen LogP contribution in [0.25, 0.3) is 10.4 Å². The van der Waals surface area contributed by atoms with E-state index in [9.17, 15) is 4.21 Å². The van der Waals surface area contributed by atoms with Crippen LogP contribution in [0.2, 0.25) is 5.02 Å². The third-order valence-corrected chi connectivity index (χ3v) is 9.15. The van der Waals surface area contributed by atoms with Crippen LogP contribution in [0.5, 0.6) is 0 Å². The molecule has 2 aromatic heterocycles. The molecule has 2 N–H and O–H groups in total. The molecule has 1 aliphatic carbocycles. The third-order valence-electron chi connectivity index (χ3n) is 5.34. The van der Waals surface area contributed by atoms with E-state index in [0.717, 1.165) is 41.0 Å². The predicted molar refractivity (Wildman–Crippen MR) is 110 cm³/mol. The molecule has 0 bridgehead atoms. The Morgan fingerprint density at radius 3 is 2.78 bits per heavy atom. The molecule has 2 aromatic rings. The van der Waals surface area contributed by atoms with E-state index in [-0.39, 0.29) is 6.04 Å². The zero-order chi connectivity index (χ0) is 19.0. The lowest BCUT2D eigenvalue weighted by Gasteiger charge is -2.39. The number of amidine groups is 1. The molecule has 2 unspecified atom stereocenters. The van der Waals surface area contributed by atoms with E-state index in [1.807, 2.05) is 6.07 Å². The van der Waals surface area contributed by atoms with Gasteiger partial charge in [-0.15, -0.1) is 11.3 Å². The Kier molecular flexibility index (Phi) is 5.06. The standard InChI is InChI=1S/C19H19ClN4OS2/c20-14-7-16(13-6-12(8-21)9-23-10-13)26-17(14)15-11-27(25)19(18(22)24-15)4-2-1-3-5-19/h6-7,9-10,15H,1-5,11H2,(H2,22,24). The number of hydrogen-bond acceptors (Lipinski definition) is 6. The maximum Gasteiger partial charge on any atom is 0.113 e. The number of hydrogen-bond donors (Lipinski definition) is 1. The van der Waals surface area contributed by atoms with Crippen molar-refractivity contribution in [3.05, 3.63) is 40.0 Å². The minimum absolute atomic E-state index is 0.281. The lowest BCUT2D eigenvalue weighted by molar-refractivity contribution is 0.450. The van der Waals surface area contributed by atoms with Crippen molar-refractivity contribution in [2.45, 2.75) is 42.9 Å². The zero-order valence-electron chi connectivity index (χ0n) is 14.7. The average molecular weight is 419 g/mol. The van der Waals surface area contributed by atoms with Crippen LogP contribution in [0, 0.1) is 11.3 Å². The molecule has 2 atom stereocenters. The van der Waals surface area contributed by atoms with Crippen LogP contribution in [0.4, 0.5) is 0 Å². The molecule has 5 nitrogen and oxygen atoms in total. The number of thiophene rings is 1. The van der Waals surface area contributed by atoms with Gasteiger partial charge in [0.15, 0.2) is 0 Å². The molecule has 0 aromatic carbocycles. The van der Waals surface area contributed by atoms with Crippen molar-refractivity contribution in [3.63, 3.8) is 0 Å². The average Bonchev–Trinajstić information content (AvgIpc) is 3.08. The molecule has 4 rings (SSSR count). The highest BCUT2D eigenvalue weighted by Gasteiger charge is 2.46. The molecule has 27 heavy (non-hydrogen) atoms. The molecule has 1 saturated carbocycles. The largest absolute Gasteiger partial charge is 0.386 e. The van der Waals surface area contributed by atoms with Crippen molar-refractivity contribution in [1.29, 1.82) is 5.26 Å². The molecule has 0 radical (unpaired) electrons. The Morgan fingerprint density at radius 2 is 2.07 bits per heavy atom. The maximum absolute atomic E-state index is 13.1. The first kappa shape index (κ1) is 18.6. The molecule has 140 valence electrons. The van der Waals surface area contributed by atoms with Crippen LogP contribution in [0.1, 0.15) is 48.6 Å². The van der Waals surface area contributed by atoms with Crippen LogP contribution in [-0.4, -0.2) is 25.5 Å². The van der Waals surface area contributed by atoms with Crippen molar-refractivity contribution in [1.82, 2.24) is 4.98 Å². The number of nitriles is 1. The van der Waals surface area contributed by atoms with Gasteiger partial charge >= 0.3 is 0 Å². The van der Waals surface area contributed by atoms with Crippen molar-refractivity contribution in [3.8, 4) is 16.5 Å². The maximum atomic E-state index is 13.1. The van der Waals surface area contributed by atoms with Gasteiger partial charge in [-0.25, -0.2) is 0 Å². The van der Waals surface area contributed by atoms with E-state index < -0.39 is 15.5 Å². The molecule has 1 spiro atoms. The van der Waals surface area contributed by atoms with Gasteiger partial charge in [-0.1, -0.05) is 30.9 Å². The number of nitrogens with two attached hydrogens (primary N) is 1. The lowest BCUT2D eigenvalue weighted by Crippen LogP contribution is -2.53. The van der Waals surface area contributed by atoms with Gasteiger partial charge < -0.3 is 5.73 Å². The smallest absolute Gasteiger partial charge is 0.113 e. The van der Waals surface area contributed by atoms with Crippen LogP contribution in [0.3, 0.4) is 0 Å². The second-order valence-corrected chi connectivity index (χ2v) is 10.3. The van der Waals surface area contributed by atoms with Crippen LogP contribution >= 0.6 is 22.9 Å². The summed E-state index contributed by atoms with van der Waals surface area (Å²) in [4.78, 5) is 10.6. The molecule has 0 saturated heterocycles. The summed E-state index contributed by atoms with van der Waals surface area (Å²) < 4.78 is 12.7. The number of rotatable bonds is 2. The van der Waals surface area contributed by atoms with Gasteiger partial charge in [-0.2, -0.15) is 5.26 Å². The highest BCUT2D eigenvalue weighted by Crippen LogP contribution is 2.44. The van der Waals surface area contributed by atoms with Crippen molar-refractivity contribution < 1.29 is 4.21 Å². The topological polar surface area (TPSA) is 92.1 Å². The molecule has 3 heterocycles. The van der Waals surface area contributed by atoms with E-state index in [1.165, 1.54) is 24.0 Å². The number of aromatic nitrogens is 1. The monoisotopic (exact) mass is 418 g/mol. The summed E-state index contributed by atoms with van der Waals surface area (Å²) in [6, 6.07) is 5.46. The number of aliphatic imine (C=N–C) groups is 1. The van der Waals surface area contributed by atoms with Crippen LogP contribution in [-0.2, 0) is 10.8 Å². The Morgan fingerprint density at radius 1 is 1.30 bits per heavy atom. The summed E-state index contributed by atoms with van der Waals surface area (Å²) in [5, 5.41) is 9.67. The highest BCUT2D eigenvalue weighted by atomic mass is 35.5. The molecule has 0 amide bonds. The second-order valence-electron chi connectivity index (χ2n) is 6.99. The predicted octanol–water partition coefficient (Wildman–Crippen LogP) is 4.20. The lowest BCUT2D eigenvalue weighted by atomic mass is 9.87. The van der Waals surface area contributed by atoms with Gasteiger partial charge in [-0.05, 0) is 25.0 Å². The fourth-order valence-corrected chi connectivity index (χ4v) is 7.34. The zero-order valence-corrected chi connectivity index (χ0v) is 17.0. The first-order valence-corrected chi connectivity index (χ1v) is 11.4. The van der Waals surface area contributed by atoms with Crippen molar-refractivity contribution >= 4 is 39.6 Å². The number of halogens is 1. The summed E-state index contributed by atoms with van der Waals surface area (Å²) in [6.45, 7) is 0. The molecule has 8 heteroatoms. The van der Waals surface area contributed by atoms with Crippen LogP contribution in [0.15, 0.2) is 29.5 Å². The summed E-state index contributed by atoms with van der Waals surface area (Å²) in [5.41, 5.74) is 7.68. The number of pyridine rings is 1. The minimum Gasteiger partial charge on any atom is -0.386 e. The van der Waals surface area contributed by atoms with Crippen molar-refractivity contribution in [2.24, 2.45) is 10.7 Å². The van der Waals surface area contributed by atoms with Gasteiger partial charge in [0.05, 0.1) is 22.4 Å². The molecular weight excluding hydrogens is 400 g/mol. The number of nitrogens with zero attached hydrogens (tertiary/aromatic N) is 3. The van der Waals surface area contributed by atoms with Gasteiger partial charge in [0.2, 0.25) is 0 Å². The molecule has 1 aliphatic heterocycles. The fraction of sp³-hybridized carbons (Fsp3) is 0.421. The summed E-state index contributed by atoms with van der Waals surface area (Å²) in [6.07, 6.45) is 8.23. The Balaban J connectivity index is 1.68. The highest BCUT2D eigenvalue weighted by molar-refractivity contribution is 7.87. The molecular formula is C19H19ClN4OS2. The Bertz CT molecular complexity index is 972. The van der Waals surface area contributed by atoms with Gasteiger partial charge in [0.1, 0.15) is 16.7 Å². The van der Waals surface area contributed by atoms with E-state index in [4.69, 9.17) is 27.6 Å². The van der Waals surface area contributed by atoms with Gasteiger partial charge in [-0.3, -0.25) is 14.2 Å². The molecule has 1 fully saturated rings. The van der Waals surface area contributed by atoms with Gasteiger partial charge in [0.25, 0.3) is 0 Å². The summed E-state index contributed by atoms with van der Waals surface area (Å²) in [7, 11) is -1.06. The Labute approximate surface area is 169 Å². The third kappa shape index (κ3) is 3.31. The summed E-state index contributed by atoms with van der Waals surface area (Å²) in [5.74, 6) is 0.979. The van der Waals surface area contributed by atoms with E-state index in [0.29, 0.717) is 22.2 Å². The first-order valence-electron chi connectivity index (χ1n) is 8.90. The normalized spacial score (nSPS) is 24.4. The van der Waals surface area contributed by atoms with E-state index in [1.54, 1.807) is 12.3 Å². The molecule has 2 aliphatic rings. The fourth-order valence-electron chi connectivity index (χ4n) is 3.87. The first-order chi connectivity index (χ1) is 13.0. The summed E-state index contributed by atoms with van der Waals surface area (Å²) >= 11 is 7.99. The SMILES string of the molecule is N#Cc1cncc(-c2cc(Cl)c(C3CS(=O)C4(CCCCC4)C(N)=N3)s2)c1. The van der Waals surface area contributed by atoms with Gasteiger partial charge in [0, 0.05) is 38.5 Å². The van der Waals surface area contributed by atoms with E-state index >= 15 is 0 Å².